The summed E-state index contributed by atoms with van der Waals surface area (Å²) < 4.78 is 0. The number of aliphatic hydroxyl groups is 1. The Hall–Kier alpha value is -3.48. The zero-order valence-corrected chi connectivity index (χ0v) is 13.2. The summed E-state index contributed by atoms with van der Waals surface area (Å²) in [5.74, 6) is -1.93. The summed E-state index contributed by atoms with van der Waals surface area (Å²) >= 11 is 0. The van der Waals surface area contributed by atoms with Gasteiger partial charge in [0.2, 0.25) is 0 Å². The number of Topliss-reactive ketones (excluding diaryl/α,β-unsaturated/α-hetero) is 1. The van der Waals surface area contributed by atoms with Crippen LogP contribution in [0.2, 0.25) is 0 Å². The summed E-state index contributed by atoms with van der Waals surface area (Å²) in [6, 6.07) is 11.5. The third kappa shape index (κ3) is 2.99. The molecule has 1 atom stereocenters. The normalized spacial score (nSPS) is 18.8. The first kappa shape index (κ1) is 16.4. The molecule has 0 aliphatic carbocycles. The topological polar surface area (TPSA) is 110 Å². The van der Waals surface area contributed by atoms with E-state index < -0.39 is 22.7 Å². The number of rotatable bonds is 3. The maximum atomic E-state index is 12.2. The minimum absolute atomic E-state index is 0.0669. The maximum absolute atomic E-state index is 12.2. The lowest BCUT2D eigenvalue weighted by Crippen LogP contribution is -2.21. The van der Waals surface area contributed by atoms with Crippen molar-refractivity contribution in [1.82, 2.24) is 5.32 Å². The fourth-order valence-corrected chi connectivity index (χ4v) is 2.67. The number of benzene rings is 2. The number of ketones is 1. The Balaban J connectivity index is 2.07. The van der Waals surface area contributed by atoms with Crippen LogP contribution in [-0.4, -0.2) is 21.7 Å². The smallest absolute Gasteiger partial charge is 0.293 e. The number of amides is 1. The molecule has 1 heterocycles. The predicted octanol–water partition coefficient (Wildman–Crippen LogP) is 2.61. The van der Waals surface area contributed by atoms with Crippen molar-refractivity contribution in [2.24, 2.45) is 0 Å². The summed E-state index contributed by atoms with van der Waals surface area (Å²) in [5.41, 5.74) is 1.70. The molecule has 3 rings (SSSR count). The molecule has 126 valence electrons. The molecule has 7 nitrogen and oxygen atoms in total. The second-order valence-corrected chi connectivity index (χ2v) is 5.71. The monoisotopic (exact) mass is 338 g/mol. The van der Waals surface area contributed by atoms with Gasteiger partial charge in [0.15, 0.2) is 0 Å². The Morgan fingerprint density at radius 3 is 2.24 bits per heavy atom. The molecule has 0 radical (unpaired) electrons. The lowest BCUT2D eigenvalue weighted by molar-refractivity contribution is -0.384. The van der Waals surface area contributed by atoms with E-state index in [-0.39, 0.29) is 17.0 Å². The Kier molecular flexibility index (Phi) is 4.06. The van der Waals surface area contributed by atoms with Crippen LogP contribution in [0.1, 0.15) is 22.7 Å². The van der Waals surface area contributed by atoms with Crippen molar-refractivity contribution in [2.45, 2.75) is 13.0 Å². The minimum Gasteiger partial charge on any atom is -0.507 e. The highest BCUT2D eigenvalue weighted by atomic mass is 16.6. The molecule has 1 aliphatic rings. The van der Waals surface area contributed by atoms with Crippen molar-refractivity contribution < 1.29 is 19.6 Å². The average molecular weight is 338 g/mol. The van der Waals surface area contributed by atoms with Crippen molar-refractivity contribution >= 4 is 23.1 Å². The van der Waals surface area contributed by atoms with Crippen molar-refractivity contribution in [2.75, 3.05) is 0 Å². The second-order valence-electron chi connectivity index (χ2n) is 5.71. The summed E-state index contributed by atoms with van der Waals surface area (Å²) in [6.07, 6.45) is 0. The molecule has 0 spiro atoms. The highest BCUT2D eigenvalue weighted by Gasteiger charge is 2.39. The molecule has 25 heavy (non-hydrogen) atoms. The highest BCUT2D eigenvalue weighted by molar-refractivity contribution is 6.46. The van der Waals surface area contributed by atoms with E-state index in [4.69, 9.17) is 0 Å². The van der Waals surface area contributed by atoms with Crippen LogP contribution in [0.15, 0.2) is 54.1 Å². The molecular formula is C18H14N2O5. The highest BCUT2D eigenvalue weighted by Crippen LogP contribution is 2.33. The van der Waals surface area contributed by atoms with E-state index in [0.717, 1.165) is 5.56 Å². The molecule has 1 aliphatic heterocycles. The van der Waals surface area contributed by atoms with Crippen molar-refractivity contribution in [1.29, 1.82) is 0 Å². The van der Waals surface area contributed by atoms with Crippen LogP contribution in [0.3, 0.4) is 0 Å². The van der Waals surface area contributed by atoms with Crippen LogP contribution in [-0.2, 0) is 9.59 Å². The molecule has 1 fully saturated rings. The van der Waals surface area contributed by atoms with Crippen LogP contribution in [0.5, 0.6) is 0 Å². The third-order valence-electron chi connectivity index (χ3n) is 4.03. The number of nitro groups is 1. The van der Waals surface area contributed by atoms with Gasteiger partial charge in [0.25, 0.3) is 17.4 Å². The number of hydrogen-bond acceptors (Lipinski definition) is 5. The molecule has 2 aromatic carbocycles. The number of nitro benzene ring substituents is 1. The molecular weight excluding hydrogens is 324 g/mol. The van der Waals surface area contributed by atoms with E-state index in [1.54, 1.807) is 24.3 Å². The van der Waals surface area contributed by atoms with Gasteiger partial charge < -0.3 is 10.4 Å². The number of hydrogen-bond donors (Lipinski definition) is 2. The fourth-order valence-electron chi connectivity index (χ4n) is 2.67. The van der Waals surface area contributed by atoms with Gasteiger partial charge in [0.1, 0.15) is 5.76 Å². The van der Waals surface area contributed by atoms with E-state index in [0.29, 0.717) is 11.1 Å². The molecule has 7 heteroatoms. The van der Waals surface area contributed by atoms with Crippen LogP contribution in [0, 0.1) is 17.0 Å². The lowest BCUT2D eigenvalue weighted by Gasteiger charge is -2.13. The number of nitrogens with zero attached hydrogens (tertiary/aromatic N) is 1. The van der Waals surface area contributed by atoms with E-state index in [2.05, 4.69) is 5.32 Å². The van der Waals surface area contributed by atoms with Gasteiger partial charge >= 0.3 is 0 Å². The third-order valence-corrected chi connectivity index (χ3v) is 4.03. The number of nitrogens with one attached hydrogen (secondary N) is 1. The Morgan fingerprint density at radius 1 is 1.08 bits per heavy atom. The zero-order valence-electron chi connectivity index (χ0n) is 13.2. The number of aliphatic hydroxyl groups excluding tert-OH is 1. The Labute approximate surface area is 142 Å². The molecule has 0 bridgehead atoms. The van der Waals surface area contributed by atoms with Crippen LogP contribution in [0.25, 0.3) is 5.76 Å². The summed E-state index contributed by atoms with van der Waals surface area (Å²) in [7, 11) is 0. The molecule has 1 amide bonds. The van der Waals surface area contributed by atoms with Gasteiger partial charge in [-0.3, -0.25) is 19.7 Å². The molecule has 0 saturated carbocycles. The van der Waals surface area contributed by atoms with Crippen molar-refractivity contribution in [3.05, 3.63) is 80.9 Å². The first-order valence-electron chi connectivity index (χ1n) is 7.48. The van der Waals surface area contributed by atoms with E-state index in [1.165, 1.54) is 24.3 Å². The summed E-state index contributed by atoms with van der Waals surface area (Å²) in [4.78, 5) is 34.2. The SMILES string of the molecule is Cc1ccc(/C(O)=C2\C(=O)C(=O)NC2c2ccc([N+](=O)[O-])cc2)cc1. The van der Waals surface area contributed by atoms with Gasteiger partial charge in [0.05, 0.1) is 16.5 Å². The molecule has 1 unspecified atom stereocenters. The van der Waals surface area contributed by atoms with Crippen molar-refractivity contribution in [3.8, 4) is 0 Å². The van der Waals surface area contributed by atoms with Gasteiger partial charge in [-0.15, -0.1) is 0 Å². The number of carbonyl (C=O) groups is 2. The van der Waals surface area contributed by atoms with E-state index in [9.17, 15) is 24.8 Å². The summed E-state index contributed by atoms with van der Waals surface area (Å²) in [6.45, 7) is 1.89. The lowest BCUT2D eigenvalue weighted by atomic mass is 9.95. The zero-order chi connectivity index (χ0) is 18.1. The quantitative estimate of drug-likeness (QED) is 0.294. The first-order valence-corrected chi connectivity index (χ1v) is 7.48. The largest absolute Gasteiger partial charge is 0.507 e. The summed E-state index contributed by atoms with van der Waals surface area (Å²) in [5, 5.41) is 23.8. The maximum Gasteiger partial charge on any atom is 0.293 e. The van der Waals surface area contributed by atoms with Crippen molar-refractivity contribution in [3.63, 3.8) is 0 Å². The number of non-ortho nitro benzene ring substituents is 1. The van der Waals surface area contributed by atoms with E-state index >= 15 is 0 Å². The number of aryl methyl sites for hydroxylation is 1. The molecule has 1 saturated heterocycles. The van der Waals surface area contributed by atoms with Gasteiger partial charge in [-0.1, -0.05) is 29.8 Å². The van der Waals surface area contributed by atoms with Gasteiger partial charge in [-0.2, -0.15) is 0 Å². The predicted molar refractivity (Wildman–Crippen MR) is 89.7 cm³/mol. The van der Waals surface area contributed by atoms with Crippen LogP contribution in [0.4, 0.5) is 5.69 Å². The number of carbonyl (C=O) groups excluding carboxylic acids is 2. The van der Waals surface area contributed by atoms with Crippen LogP contribution < -0.4 is 5.32 Å². The average Bonchev–Trinajstić information content (AvgIpc) is 2.90. The first-order chi connectivity index (χ1) is 11.9. The van der Waals surface area contributed by atoms with Gasteiger partial charge in [0, 0.05) is 17.7 Å². The van der Waals surface area contributed by atoms with E-state index in [1.807, 2.05) is 6.92 Å². The molecule has 0 aromatic heterocycles. The Morgan fingerprint density at radius 2 is 1.68 bits per heavy atom. The van der Waals surface area contributed by atoms with Crippen LogP contribution >= 0.6 is 0 Å². The van der Waals surface area contributed by atoms with Gasteiger partial charge in [-0.25, -0.2) is 0 Å². The fraction of sp³-hybridized carbons (Fsp3) is 0.111. The standard InChI is InChI=1S/C18H14N2O5/c1-10-2-4-12(5-3-10)16(21)14-15(19-18(23)17(14)22)11-6-8-13(9-7-11)20(24)25/h2-9,15,21H,1H3,(H,19,23)/b16-14+. The molecule has 2 N–H and O–H groups in total. The minimum atomic E-state index is -0.859. The Bertz CT molecular complexity index is 898. The molecule has 2 aromatic rings. The van der Waals surface area contributed by atoms with Gasteiger partial charge in [-0.05, 0) is 24.6 Å². The second kappa shape index (κ2) is 6.20.